The predicted octanol–water partition coefficient (Wildman–Crippen LogP) is 2.02. The molecule has 2 atom stereocenters. The molecule has 1 aromatic rings. The van der Waals surface area contributed by atoms with E-state index in [1.54, 1.807) is 12.1 Å². The van der Waals surface area contributed by atoms with Crippen LogP contribution in [0.15, 0.2) is 24.3 Å². The van der Waals surface area contributed by atoms with Gasteiger partial charge >= 0.3 is 5.97 Å². The van der Waals surface area contributed by atoms with E-state index in [2.05, 4.69) is 0 Å². The number of aliphatic carboxylic acids is 1. The zero-order valence-corrected chi connectivity index (χ0v) is 12.8. The Hall–Kier alpha value is -1.95. The van der Waals surface area contributed by atoms with Crippen molar-refractivity contribution in [3.05, 3.63) is 35.6 Å². The molecule has 0 aromatic heterocycles. The van der Waals surface area contributed by atoms with Crippen LogP contribution >= 0.6 is 0 Å². The quantitative estimate of drug-likeness (QED) is 0.901. The van der Waals surface area contributed by atoms with E-state index in [1.165, 1.54) is 17.0 Å². The molecule has 23 heavy (non-hydrogen) atoms. The van der Waals surface area contributed by atoms with E-state index in [9.17, 15) is 14.0 Å². The first-order valence-electron chi connectivity index (χ1n) is 7.91. The highest BCUT2D eigenvalue weighted by atomic mass is 19.1. The average molecular weight is 321 g/mol. The Bertz CT molecular complexity index is 583. The number of benzene rings is 1. The molecule has 1 heterocycles. The Balaban J connectivity index is 1.68. The van der Waals surface area contributed by atoms with Crippen LogP contribution < -0.4 is 0 Å². The molecule has 3 rings (SSSR count). The highest BCUT2D eigenvalue weighted by Gasteiger charge is 2.47. The summed E-state index contributed by atoms with van der Waals surface area (Å²) in [7, 11) is 0. The third-order valence-electron chi connectivity index (χ3n) is 4.63. The lowest BCUT2D eigenvalue weighted by molar-refractivity contribution is -0.148. The van der Waals surface area contributed by atoms with E-state index in [1.807, 2.05) is 0 Å². The largest absolute Gasteiger partial charge is 0.480 e. The monoisotopic (exact) mass is 321 g/mol. The number of carbonyl (C=O) groups excluding carboxylic acids is 1. The first kappa shape index (κ1) is 15.9. The zero-order valence-electron chi connectivity index (χ0n) is 12.8. The van der Waals surface area contributed by atoms with Crippen molar-refractivity contribution in [3.8, 4) is 0 Å². The maximum absolute atomic E-state index is 13.0. The van der Waals surface area contributed by atoms with Crippen LogP contribution in [0.25, 0.3) is 0 Å². The van der Waals surface area contributed by atoms with E-state index in [-0.39, 0.29) is 36.1 Å². The molecule has 1 saturated carbocycles. The van der Waals surface area contributed by atoms with E-state index >= 15 is 0 Å². The van der Waals surface area contributed by atoms with Gasteiger partial charge in [0.2, 0.25) is 5.91 Å². The lowest BCUT2D eigenvalue weighted by atomic mass is 10.0. The second-order valence-corrected chi connectivity index (χ2v) is 6.20. The minimum absolute atomic E-state index is 0.0678. The summed E-state index contributed by atoms with van der Waals surface area (Å²) >= 11 is 0. The second-order valence-electron chi connectivity index (χ2n) is 6.20. The number of carboxylic acids is 1. The van der Waals surface area contributed by atoms with Crippen molar-refractivity contribution in [2.75, 3.05) is 19.8 Å². The van der Waals surface area contributed by atoms with Crippen LogP contribution in [0.3, 0.4) is 0 Å². The van der Waals surface area contributed by atoms with Gasteiger partial charge in [-0.05, 0) is 42.9 Å². The van der Waals surface area contributed by atoms with E-state index in [0.29, 0.717) is 32.5 Å². The first-order chi connectivity index (χ1) is 11.1. The van der Waals surface area contributed by atoms with Gasteiger partial charge in [-0.25, -0.2) is 4.39 Å². The molecule has 0 radical (unpaired) electrons. The number of carboxylic acid groups (broad SMARTS) is 1. The first-order valence-corrected chi connectivity index (χ1v) is 7.91. The van der Waals surface area contributed by atoms with E-state index in [0.717, 1.165) is 5.56 Å². The standard InChI is InChI=1S/C17H20FNO4/c18-12-3-1-11(2-4-12)14-9-15(14)17(22)19(10-16(20)21)13-5-7-23-8-6-13/h1-4,13-15H,5-10H2,(H,20,21)/t14-,15+/m1/s1. The summed E-state index contributed by atoms with van der Waals surface area (Å²) in [6.07, 6.45) is 2.05. The van der Waals surface area contributed by atoms with Gasteiger partial charge in [0.1, 0.15) is 12.4 Å². The molecule has 6 heteroatoms. The molecule has 0 spiro atoms. The molecule has 1 saturated heterocycles. The topological polar surface area (TPSA) is 66.8 Å². The molecule has 0 unspecified atom stereocenters. The number of hydrogen-bond donors (Lipinski definition) is 1. The van der Waals surface area contributed by atoms with Crippen molar-refractivity contribution in [1.29, 1.82) is 0 Å². The Kier molecular flexibility index (Phi) is 4.61. The van der Waals surface area contributed by atoms with Crippen LogP contribution in [-0.4, -0.2) is 47.7 Å². The smallest absolute Gasteiger partial charge is 0.323 e. The Morgan fingerprint density at radius 2 is 1.87 bits per heavy atom. The molecule has 2 fully saturated rings. The van der Waals surface area contributed by atoms with Crippen molar-refractivity contribution in [2.45, 2.75) is 31.2 Å². The summed E-state index contributed by atoms with van der Waals surface area (Å²) in [5, 5.41) is 9.11. The summed E-state index contributed by atoms with van der Waals surface area (Å²) in [6, 6.07) is 6.11. The van der Waals surface area contributed by atoms with Crippen LogP contribution in [0.2, 0.25) is 0 Å². The van der Waals surface area contributed by atoms with Crippen LogP contribution in [0.1, 0.15) is 30.7 Å². The molecule has 1 amide bonds. The minimum atomic E-state index is -0.996. The van der Waals surface area contributed by atoms with Gasteiger partial charge in [0.15, 0.2) is 0 Å². The maximum Gasteiger partial charge on any atom is 0.323 e. The van der Waals surface area contributed by atoms with Crippen molar-refractivity contribution in [2.24, 2.45) is 5.92 Å². The fourth-order valence-electron chi connectivity index (χ4n) is 3.29. The Morgan fingerprint density at radius 3 is 2.48 bits per heavy atom. The summed E-state index contributed by atoms with van der Waals surface area (Å²) in [4.78, 5) is 25.4. The fourth-order valence-corrected chi connectivity index (χ4v) is 3.29. The lowest BCUT2D eigenvalue weighted by Crippen LogP contribution is -2.46. The average Bonchev–Trinajstić information content (AvgIpc) is 3.34. The second kappa shape index (κ2) is 6.66. The minimum Gasteiger partial charge on any atom is -0.480 e. The molecule has 1 N–H and O–H groups in total. The number of ether oxygens (including phenoxy) is 1. The zero-order chi connectivity index (χ0) is 16.4. The van der Waals surface area contributed by atoms with E-state index < -0.39 is 5.97 Å². The van der Waals surface area contributed by atoms with E-state index in [4.69, 9.17) is 9.84 Å². The predicted molar refractivity (Wildman–Crippen MR) is 80.4 cm³/mol. The van der Waals surface area contributed by atoms with Gasteiger partial charge in [0, 0.05) is 25.2 Å². The molecule has 5 nitrogen and oxygen atoms in total. The normalized spacial score (nSPS) is 24.2. The van der Waals surface area contributed by atoms with Gasteiger partial charge in [0.05, 0.1) is 0 Å². The van der Waals surface area contributed by atoms with Crippen LogP contribution in [-0.2, 0) is 14.3 Å². The lowest BCUT2D eigenvalue weighted by Gasteiger charge is -2.33. The SMILES string of the molecule is O=C(O)CN(C(=O)[C@H]1C[C@@H]1c1ccc(F)cc1)C1CCOCC1. The van der Waals surface area contributed by atoms with Gasteiger partial charge in [-0.15, -0.1) is 0 Å². The number of nitrogens with zero attached hydrogens (tertiary/aromatic N) is 1. The third kappa shape index (κ3) is 3.69. The molecule has 1 aliphatic carbocycles. The Labute approximate surface area is 134 Å². The molecule has 2 aliphatic rings. The molecule has 124 valence electrons. The number of carbonyl (C=O) groups is 2. The summed E-state index contributed by atoms with van der Waals surface area (Å²) < 4.78 is 18.3. The third-order valence-corrected chi connectivity index (χ3v) is 4.63. The number of amides is 1. The van der Waals surface area contributed by atoms with Crippen LogP contribution in [0, 0.1) is 11.7 Å². The number of rotatable bonds is 5. The van der Waals surface area contributed by atoms with Crippen molar-refractivity contribution >= 4 is 11.9 Å². The summed E-state index contributed by atoms with van der Waals surface area (Å²) in [5.74, 6) is -1.52. The van der Waals surface area contributed by atoms with Crippen molar-refractivity contribution in [1.82, 2.24) is 4.90 Å². The molecular formula is C17H20FNO4. The number of halogens is 1. The fraction of sp³-hybridized carbons (Fsp3) is 0.529. The summed E-state index contributed by atoms with van der Waals surface area (Å²) in [6.45, 7) is 0.844. The molecule has 1 aliphatic heterocycles. The number of hydrogen-bond acceptors (Lipinski definition) is 3. The highest BCUT2D eigenvalue weighted by Crippen LogP contribution is 2.48. The van der Waals surface area contributed by atoms with Crippen LogP contribution in [0.4, 0.5) is 4.39 Å². The summed E-state index contributed by atoms with van der Waals surface area (Å²) in [5.41, 5.74) is 0.937. The molecule has 1 aromatic carbocycles. The molecule has 0 bridgehead atoms. The van der Waals surface area contributed by atoms with Gasteiger partial charge in [-0.1, -0.05) is 12.1 Å². The van der Waals surface area contributed by atoms with Crippen LogP contribution in [0.5, 0.6) is 0 Å². The highest BCUT2D eigenvalue weighted by molar-refractivity contribution is 5.86. The van der Waals surface area contributed by atoms with Crippen molar-refractivity contribution in [3.63, 3.8) is 0 Å². The van der Waals surface area contributed by atoms with Crippen molar-refractivity contribution < 1.29 is 23.8 Å². The molecular weight excluding hydrogens is 301 g/mol. The Morgan fingerprint density at radius 1 is 1.22 bits per heavy atom. The van der Waals surface area contributed by atoms with Gasteiger partial charge in [-0.3, -0.25) is 9.59 Å². The van der Waals surface area contributed by atoms with Gasteiger partial charge < -0.3 is 14.7 Å². The van der Waals surface area contributed by atoms with Gasteiger partial charge in [0.25, 0.3) is 0 Å². The van der Waals surface area contributed by atoms with Gasteiger partial charge in [-0.2, -0.15) is 0 Å². The maximum atomic E-state index is 13.0.